The molecule has 6 nitrogen and oxygen atoms in total. The van der Waals surface area contributed by atoms with Crippen molar-refractivity contribution in [2.75, 3.05) is 0 Å². The third-order valence-corrected chi connectivity index (χ3v) is 5.24. The fourth-order valence-corrected chi connectivity index (χ4v) is 3.38. The molecule has 2 saturated carbocycles. The lowest BCUT2D eigenvalue weighted by Gasteiger charge is -2.37. The van der Waals surface area contributed by atoms with Gasteiger partial charge in [0.05, 0.1) is 5.69 Å². The standard InChI is InChI=1S/C17H24N2O4/c1-3-11-6-8-17(9-7-11,16(21)22)19-14(20)13-10(2)18-15(23-13)12-4-5-12/h11-12H,3-9H2,1-2H3,(H,19,20)(H,21,22). The number of aryl methyl sites for hydroxylation is 1. The van der Waals surface area contributed by atoms with Crippen molar-refractivity contribution in [3.8, 4) is 0 Å². The van der Waals surface area contributed by atoms with E-state index in [1.807, 2.05) is 0 Å². The van der Waals surface area contributed by atoms with Gasteiger partial charge < -0.3 is 14.8 Å². The number of amides is 1. The van der Waals surface area contributed by atoms with Crippen LogP contribution in [0.25, 0.3) is 0 Å². The number of carboxylic acid groups (broad SMARTS) is 1. The monoisotopic (exact) mass is 320 g/mol. The van der Waals surface area contributed by atoms with Crippen molar-refractivity contribution in [1.82, 2.24) is 10.3 Å². The first-order valence-corrected chi connectivity index (χ1v) is 8.48. The highest BCUT2D eigenvalue weighted by atomic mass is 16.4. The first kappa shape index (κ1) is 16.0. The Balaban J connectivity index is 1.75. The highest BCUT2D eigenvalue weighted by Crippen LogP contribution is 2.40. The molecule has 2 fully saturated rings. The van der Waals surface area contributed by atoms with Crippen molar-refractivity contribution in [2.45, 2.75) is 70.3 Å². The Labute approximate surface area is 135 Å². The van der Waals surface area contributed by atoms with Crippen LogP contribution in [0.2, 0.25) is 0 Å². The minimum atomic E-state index is -1.18. The molecule has 0 unspecified atom stereocenters. The van der Waals surface area contributed by atoms with E-state index in [0.29, 0.717) is 36.3 Å². The zero-order valence-corrected chi connectivity index (χ0v) is 13.7. The summed E-state index contributed by atoms with van der Waals surface area (Å²) in [6.07, 6.45) is 5.72. The third-order valence-electron chi connectivity index (χ3n) is 5.24. The molecule has 2 aliphatic carbocycles. The zero-order chi connectivity index (χ0) is 16.6. The van der Waals surface area contributed by atoms with Gasteiger partial charge in [-0.25, -0.2) is 9.78 Å². The van der Waals surface area contributed by atoms with Gasteiger partial charge in [0.15, 0.2) is 5.89 Å². The Kier molecular flexibility index (Phi) is 4.17. The van der Waals surface area contributed by atoms with Crippen molar-refractivity contribution in [2.24, 2.45) is 5.92 Å². The summed E-state index contributed by atoms with van der Waals surface area (Å²) in [7, 11) is 0. The minimum Gasteiger partial charge on any atom is -0.480 e. The number of oxazole rings is 1. The van der Waals surface area contributed by atoms with Gasteiger partial charge in [0.2, 0.25) is 5.76 Å². The van der Waals surface area contributed by atoms with Gasteiger partial charge in [-0.05, 0) is 51.4 Å². The average Bonchev–Trinajstić information content (AvgIpc) is 3.30. The number of carboxylic acids is 1. The van der Waals surface area contributed by atoms with E-state index in [-0.39, 0.29) is 5.76 Å². The molecule has 2 aliphatic rings. The Bertz CT molecular complexity index is 610. The van der Waals surface area contributed by atoms with Gasteiger partial charge in [-0.3, -0.25) is 4.79 Å². The van der Waals surface area contributed by atoms with E-state index in [1.54, 1.807) is 6.92 Å². The van der Waals surface area contributed by atoms with Crippen LogP contribution in [-0.4, -0.2) is 27.5 Å². The average molecular weight is 320 g/mol. The van der Waals surface area contributed by atoms with Gasteiger partial charge in [0.1, 0.15) is 5.54 Å². The lowest BCUT2D eigenvalue weighted by Crippen LogP contribution is -2.56. The smallest absolute Gasteiger partial charge is 0.329 e. The second kappa shape index (κ2) is 5.98. The quantitative estimate of drug-likeness (QED) is 0.870. The number of aromatic nitrogens is 1. The molecule has 1 heterocycles. The number of aliphatic carboxylic acids is 1. The molecule has 0 spiro atoms. The van der Waals surface area contributed by atoms with E-state index in [4.69, 9.17) is 4.42 Å². The summed E-state index contributed by atoms with van der Waals surface area (Å²) in [6, 6.07) is 0. The number of nitrogens with one attached hydrogen (secondary N) is 1. The Hall–Kier alpha value is -1.85. The Morgan fingerprint density at radius 1 is 1.30 bits per heavy atom. The molecule has 0 bridgehead atoms. The van der Waals surface area contributed by atoms with E-state index < -0.39 is 17.4 Å². The zero-order valence-electron chi connectivity index (χ0n) is 13.7. The minimum absolute atomic E-state index is 0.158. The lowest BCUT2D eigenvalue weighted by atomic mass is 9.75. The second-order valence-corrected chi connectivity index (χ2v) is 6.93. The number of hydrogen-bond acceptors (Lipinski definition) is 4. The van der Waals surface area contributed by atoms with Crippen LogP contribution < -0.4 is 5.32 Å². The molecule has 1 aromatic rings. The molecule has 2 N–H and O–H groups in total. The predicted octanol–water partition coefficient (Wildman–Crippen LogP) is 3.01. The molecule has 6 heteroatoms. The molecule has 0 radical (unpaired) electrons. The van der Waals surface area contributed by atoms with Crippen LogP contribution in [-0.2, 0) is 4.79 Å². The Morgan fingerprint density at radius 3 is 2.48 bits per heavy atom. The van der Waals surface area contributed by atoms with Crippen molar-refractivity contribution in [3.05, 3.63) is 17.3 Å². The summed E-state index contributed by atoms with van der Waals surface area (Å²) in [6.45, 7) is 3.85. The number of rotatable bonds is 5. The van der Waals surface area contributed by atoms with E-state index in [0.717, 1.165) is 32.1 Å². The third kappa shape index (κ3) is 3.12. The molecule has 23 heavy (non-hydrogen) atoms. The van der Waals surface area contributed by atoms with Crippen molar-refractivity contribution in [1.29, 1.82) is 0 Å². The number of carbonyl (C=O) groups excluding carboxylic acids is 1. The first-order chi connectivity index (χ1) is 10.9. The van der Waals surface area contributed by atoms with Crippen LogP contribution in [0.4, 0.5) is 0 Å². The van der Waals surface area contributed by atoms with Gasteiger partial charge >= 0.3 is 5.97 Å². The SMILES string of the molecule is CCC1CCC(NC(=O)c2oc(C3CC3)nc2C)(C(=O)O)CC1. The fraction of sp³-hybridized carbons (Fsp3) is 0.706. The summed E-state index contributed by atoms with van der Waals surface area (Å²) in [5.41, 5.74) is -0.644. The van der Waals surface area contributed by atoms with Crippen LogP contribution in [0.15, 0.2) is 4.42 Å². The van der Waals surface area contributed by atoms with E-state index >= 15 is 0 Å². The summed E-state index contributed by atoms with van der Waals surface area (Å²) in [5.74, 6) is 0.215. The van der Waals surface area contributed by atoms with Gasteiger partial charge in [-0.1, -0.05) is 13.3 Å². The lowest BCUT2D eigenvalue weighted by molar-refractivity contribution is -0.146. The number of hydrogen-bond donors (Lipinski definition) is 2. The van der Waals surface area contributed by atoms with Gasteiger partial charge in [-0.2, -0.15) is 0 Å². The highest BCUT2D eigenvalue weighted by Gasteiger charge is 2.44. The number of carbonyl (C=O) groups is 2. The summed E-state index contributed by atoms with van der Waals surface area (Å²) in [4.78, 5) is 28.6. The van der Waals surface area contributed by atoms with E-state index in [9.17, 15) is 14.7 Å². The fourth-order valence-electron chi connectivity index (χ4n) is 3.38. The topological polar surface area (TPSA) is 92.4 Å². The van der Waals surface area contributed by atoms with Crippen LogP contribution in [0.5, 0.6) is 0 Å². The van der Waals surface area contributed by atoms with E-state index in [2.05, 4.69) is 17.2 Å². The Morgan fingerprint density at radius 2 is 1.96 bits per heavy atom. The first-order valence-electron chi connectivity index (χ1n) is 8.48. The summed E-state index contributed by atoms with van der Waals surface area (Å²) < 4.78 is 5.59. The van der Waals surface area contributed by atoms with Crippen molar-refractivity contribution in [3.63, 3.8) is 0 Å². The van der Waals surface area contributed by atoms with Crippen LogP contribution in [0, 0.1) is 12.8 Å². The maximum absolute atomic E-state index is 12.5. The molecule has 0 aliphatic heterocycles. The summed E-state index contributed by atoms with van der Waals surface area (Å²) in [5, 5.41) is 12.4. The predicted molar refractivity (Wildman–Crippen MR) is 83.3 cm³/mol. The molecular weight excluding hydrogens is 296 g/mol. The van der Waals surface area contributed by atoms with Gasteiger partial charge in [-0.15, -0.1) is 0 Å². The summed E-state index contributed by atoms with van der Waals surface area (Å²) >= 11 is 0. The van der Waals surface area contributed by atoms with Gasteiger partial charge in [0.25, 0.3) is 5.91 Å². The van der Waals surface area contributed by atoms with Crippen LogP contribution in [0.3, 0.4) is 0 Å². The molecule has 0 aromatic carbocycles. The normalized spacial score (nSPS) is 27.7. The molecule has 1 aromatic heterocycles. The molecule has 1 amide bonds. The molecule has 126 valence electrons. The molecule has 0 saturated heterocycles. The van der Waals surface area contributed by atoms with Gasteiger partial charge in [0, 0.05) is 5.92 Å². The van der Waals surface area contributed by atoms with Crippen molar-refractivity contribution >= 4 is 11.9 Å². The molecule has 0 atom stereocenters. The molecular formula is C17H24N2O4. The highest BCUT2D eigenvalue weighted by molar-refractivity contribution is 5.96. The van der Waals surface area contributed by atoms with Crippen molar-refractivity contribution < 1.29 is 19.1 Å². The van der Waals surface area contributed by atoms with Crippen LogP contribution >= 0.6 is 0 Å². The maximum atomic E-state index is 12.5. The number of nitrogens with zero attached hydrogens (tertiary/aromatic N) is 1. The van der Waals surface area contributed by atoms with E-state index in [1.165, 1.54) is 0 Å². The maximum Gasteiger partial charge on any atom is 0.329 e. The van der Waals surface area contributed by atoms with Crippen LogP contribution in [0.1, 0.15) is 79.9 Å². The largest absolute Gasteiger partial charge is 0.480 e. The molecule has 3 rings (SSSR count). The second-order valence-electron chi connectivity index (χ2n) is 6.93.